The number of pyridine rings is 2. The third-order valence-corrected chi connectivity index (χ3v) is 6.90. The average Bonchev–Trinajstić information content (AvgIpc) is 2.94. The first kappa shape index (κ1) is 28.9. The van der Waals surface area contributed by atoms with Crippen molar-refractivity contribution in [3.05, 3.63) is 100 Å². The normalized spacial score (nSPS) is 11.0. The van der Waals surface area contributed by atoms with Crippen molar-refractivity contribution in [2.75, 3.05) is 18.5 Å². The minimum Gasteiger partial charge on any atom is -0.487 e. The highest BCUT2D eigenvalue weighted by atomic mass is 16.5. The van der Waals surface area contributed by atoms with Gasteiger partial charge in [0.2, 0.25) is 11.8 Å². The van der Waals surface area contributed by atoms with Crippen molar-refractivity contribution in [3.63, 3.8) is 0 Å². The number of para-hydroxylation sites is 1. The van der Waals surface area contributed by atoms with Gasteiger partial charge in [-0.25, -0.2) is 14.8 Å². The zero-order valence-electron chi connectivity index (χ0n) is 23.7. The summed E-state index contributed by atoms with van der Waals surface area (Å²) in [5.41, 5.74) is 6.99. The van der Waals surface area contributed by atoms with E-state index in [0.717, 1.165) is 44.5 Å². The van der Waals surface area contributed by atoms with E-state index in [1.165, 1.54) is 29.3 Å². The number of fused-ring (bicyclic) bond motifs is 1. The lowest BCUT2D eigenvalue weighted by Crippen LogP contribution is -2.38. The third-order valence-electron chi connectivity index (χ3n) is 6.90. The number of anilines is 1. The van der Waals surface area contributed by atoms with E-state index >= 15 is 0 Å². The van der Waals surface area contributed by atoms with Gasteiger partial charge in [0.05, 0.1) is 6.54 Å². The molecule has 0 aliphatic heterocycles. The number of carbonyl (C=O) groups is 3. The molecule has 2 amide bonds. The number of nitrogens with one attached hydrogen (secondary N) is 1. The lowest BCUT2D eigenvalue weighted by atomic mass is 10.0. The number of likely N-dealkylation sites (N-methyl/N-ethyl adjacent to an activating group) is 1. The molecule has 0 bridgehead atoms. The zero-order valence-corrected chi connectivity index (χ0v) is 23.7. The van der Waals surface area contributed by atoms with E-state index in [0.29, 0.717) is 17.9 Å². The molecular weight excluding hydrogens is 520 g/mol. The standard InChI is InChI=1S/C32H32N4O5/c1-19-9-13-27(22(4)25(19)18-41-28-8-6-7-24-20(2)15-21(3)35-31(24)28)36(5)30(38)17-34-29(37)14-11-23-10-12-26(32(39)40)33-16-23/h6-16H,17-18H2,1-5H3,(H,34,37)(H,39,40)/b14-11+. The van der Waals surface area contributed by atoms with Crippen molar-refractivity contribution in [1.29, 1.82) is 0 Å². The molecule has 9 nitrogen and oxygen atoms in total. The number of ether oxygens (including phenoxy) is 1. The number of rotatable bonds is 9. The Morgan fingerprint density at radius 2 is 1.80 bits per heavy atom. The van der Waals surface area contributed by atoms with Gasteiger partial charge in [-0.2, -0.15) is 0 Å². The summed E-state index contributed by atoms with van der Waals surface area (Å²) in [6.07, 6.45) is 4.11. The predicted octanol–water partition coefficient (Wildman–Crippen LogP) is 4.93. The number of amides is 2. The summed E-state index contributed by atoms with van der Waals surface area (Å²) in [5.74, 6) is -1.18. The number of carboxylic acid groups (broad SMARTS) is 1. The highest BCUT2D eigenvalue weighted by Crippen LogP contribution is 2.30. The number of benzene rings is 2. The van der Waals surface area contributed by atoms with Crippen molar-refractivity contribution < 1.29 is 24.2 Å². The second-order valence-electron chi connectivity index (χ2n) is 9.81. The second kappa shape index (κ2) is 12.4. The van der Waals surface area contributed by atoms with E-state index < -0.39 is 11.9 Å². The topological polar surface area (TPSA) is 122 Å². The minimum atomic E-state index is -1.13. The number of hydrogen-bond donors (Lipinski definition) is 2. The van der Waals surface area contributed by atoms with Crippen LogP contribution >= 0.6 is 0 Å². The molecule has 0 saturated carbocycles. The molecule has 0 radical (unpaired) electrons. The maximum absolute atomic E-state index is 12.9. The Hall–Kier alpha value is -5.05. The molecular formula is C32H32N4O5. The molecule has 2 heterocycles. The van der Waals surface area contributed by atoms with E-state index in [2.05, 4.69) is 23.3 Å². The van der Waals surface area contributed by atoms with Crippen LogP contribution in [-0.4, -0.2) is 46.5 Å². The van der Waals surface area contributed by atoms with Crippen molar-refractivity contribution in [1.82, 2.24) is 15.3 Å². The number of carbonyl (C=O) groups excluding carboxylic acids is 2. The highest BCUT2D eigenvalue weighted by molar-refractivity contribution is 5.99. The largest absolute Gasteiger partial charge is 0.487 e. The first-order valence-corrected chi connectivity index (χ1v) is 13.1. The fourth-order valence-electron chi connectivity index (χ4n) is 4.56. The summed E-state index contributed by atoms with van der Waals surface area (Å²) >= 11 is 0. The first-order chi connectivity index (χ1) is 19.5. The van der Waals surface area contributed by atoms with E-state index in [1.807, 2.05) is 51.1 Å². The van der Waals surface area contributed by atoms with Crippen LogP contribution in [0.25, 0.3) is 17.0 Å². The van der Waals surface area contributed by atoms with Crippen LogP contribution in [-0.2, 0) is 16.2 Å². The van der Waals surface area contributed by atoms with Crippen LogP contribution in [0.4, 0.5) is 5.69 Å². The van der Waals surface area contributed by atoms with E-state index in [-0.39, 0.29) is 18.1 Å². The van der Waals surface area contributed by atoms with E-state index in [1.54, 1.807) is 13.1 Å². The van der Waals surface area contributed by atoms with Gasteiger partial charge < -0.3 is 20.1 Å². The zero-order chi connectivity index (χ0) is 29.7. The quantitative estimate of drug-likeness (QED) is 0.282. The fraction of sp³-hybridized carbons (Fsp3) is 0.219. The van der Waals surface area contributed by atoms with E-state index in [4.69, 9.17) is 14.8 Å². The van der Waals surface area contributed by atoms with Gasteiger partial charge in [0.25, 0.3) is 0 Å². The minimum absolute atomic E-state index is 0.0860. The molecule has 0 fully saturated rings. The van der Waals surface area contributed by atoms with E-state index in [9.17, 15) is 14.4 Å². The van der Waals surface area contributed by atoms with Crippen LogP contribution in [0.2, 0.25) is 0 Å². The van der Waals surface area contributed by atoms with Crippen molar-refractivity contribution >= 4 is 40.4 Å². The number of aromatic nitrogens is 2. The molecule has 2 aromatic carbocycles. The Balaban J connectivity index is 1.42. The van der Waals surface area contributed by atoms with Gasteiger partial charge in [-0.1, -0.05) is 24.3 Å². The molecule has 4 rings (SSSR count). The molecule has 0 aliphatic rings. The van der Waals surface area contributed by atoms with Gasteiger partial charge in [-0.05, 0) is 85.9 Å². The molecule has 0 saturated heterocycles. The van der Waals surface area contributed by atoms with Gasteiger partial charge in [0.1, 0.15) is 23.6 Å². The number of aromatic carboxylic acids is 1. The summed E-state index contributed by atoms with van der Waals surface area (Å²) < 4.78 is 6.27. The van der Waals surface area contributed by atoms with Gasteiger partial charge in [0, 0.05) is 36.1 Å². The van der Waals surface area contributed by atoms with Crippen LogP contribution in [0.3, 0.4) is 0 Å². The molecule has 9 heteroatoms. The Labute approximate surface area is 238 Å². The van der Waals surface area contributed by atoms with Crippen LogP contribution in [0.1, 0.15) is 44.0 Å². The Kier molecular flexibility index (Phi) is 8.77. The number of hydrogen-bond acceptors (Lipinski definition) is 6. The van der Waals surface area contributed by atoms with Gasteiger partial charge >= 0.3 is 5.97 Å². The van der Waals surface area contributed by atoms with Crippen molar-refractivity contribution in [3.8, 4) is 5.75 Å². The van der Waals surface area contributed by atoms with Gasteiger partial charge in [-0.3, -0.25) is 9.59 Å². The van der Waals surface area contributed by atoms with Crippen LogP contribution in [0, 0.1) is 27.7 Å². The monoisotopic (exact) mass is 552 g/mol. The highest BCUT2D eigenvalue weighted by Gasteiger charge is 2.17. The average molecular weight is 553 g/mol. The lowest BCUT2D eigenvalue weighted by Gasteiger charge is -2.23. The summed E-state index contributed by atoms with van der Waals surface area (Å²) in [5, 5.41) is 12.6. The number of nitrogens with zero attached hydrogens (tertiary/aromatic N) is 3. The van der Waals surface area contributed by atoms with Gasteiger partial charge in [0.15, 0.2) is 0 Å². The summed E-state index contributed by atoms with van der Waals surface area (Å²) in [6.45, 7) is 8.09. The van der Waals surface area contributed by atoms with Crippen LogP contribution in [0.15, 0.2) is 60.8 Å². The Morgan fingerprint density at radius 1 is 1.02 bits per heavy atom. The smallest absolute Gasteiger partial charge is 0.354 e. The Bertz CT molecular complexity index is 1660. The number of carboxylic acids is 1. The van der Waals surface area contributed by atoms with Crippen LogP contribution < -0.4 is 15.0 Å². The van der Waals surface area contributed by atoms with Gasteiger partial charge in [-0.15, -0.1) is 0 Å². The summed E-state index contributed by atoms with van der Waals surface area (Å²) in [4.78, 5) is 46.1. The maximum atomic E-state index is 12.9. The maximum Gasteiger partial charge on any atom is 0.354 e. The third kappa shape index (κ3) is 6.75. The number of aryl methyl sites for hydroxylation is 3. The fourth-order valence-corrected chi connectivity index (χ4v) is 4.56. The Morgan fingerprint density at radius 3 is 2.51 bits per heavy atom. The predicted molar refractivity (Wildman–Crippen MR) is 158 cm³/mol. The van der Waals surface area contributed by atoms with Crippen LogP contribution in [0.5, 0.6) is 5.75 Å². The summed E-state index contributed by atoms with van der Waals surface area (Å²) in [6, 6.07) is 14.7. The SMILES string of the molecule is Cc1cc(C)c2cccc(OCc3c(C)ccc(N(C)C(=O)CNC(=O)/C=C/c4ccc(C(=O)O)nc4)c3C)c2n1. The van der Waals surface area contributed by atoms with Crippen molar-refractivity contribution in [2.24, 2.45) is 0 Å². The second-order valence-corrected chi connectivity index (χ2v) is 9.81. The summed E-state index contributed by atoms with van der Waals surface area (Å²) in [7, 11) is 1.67. The molecule has 210 valence electrons. The molecule has 2 aromatic heterocycles. The van der Waals surface area contributed by atoms with Crippen molar-refractivity contribution in [2.45, 2.75) is 34.3 Å². The molecule has 2 N–H and O–H groups in total. The molecule has 41 heavy (non-hydrogen) atoms. The molecule has 4 aromatic rings. The molecule has 0 unspecified atom stereocenters. The lowest BCUT2D eigenvalue weighted by molar-refractivity contribution is -0.122. The molecule has 0 atom stereocenters. The molecule has 0 spiro atoms. The first-order valence-electron chi connectivity index (χ1n) is 13.1. The molecule has 0 aliphatic carbocycles.